The molecule has 0 unspecified atom stereocenters. The molecule has 88 valence electrons. The van der Waals surface area contributed by atoms with Gasteiger partial charge in [0.1, 0.15) is 5.75 Å². The van der Waals surface area contributed by atoms with Gasteiger partial charge in [-0.1, -0.05) is 0 Å². The zero-order chi connectivity index (χ0) is 12.3. The minimum atomic E-state index is 0.508. The molecule has 0 bridgehead atoms. The van der Waals surface area contributed by atoms with Gasteiger partial charge in [-0.3, -0.25) is 0 Å². The van der Waals surface area contributed by atoms with E-state index in [2.05, 4.69) is 9.97 Å². The zero-order valence-electron chi connectivity index (χ0n) is 9.79. The first-order chi connectivity index (χ1) is 8.15. The SMILES string of the molecule is CN(C)c1nccc(Oc2ccc(N)cc2)n1. The maximum atomic E-state index is 5.60. The number of anilines is 2. The van der Waals surface area contributed by atoms with Gasteiger partial charge in [0.25, 0.3) is 0 Å². The average molecular weight is 230 g/mol. The Balaban J connectivity index is 2.18. The molecule has 2 rings (SSSR count). The summed E-state index contributed by atoms with van der Waals surface area (Å²) >= 11 is 0. The van der Waals surface area contributed by atoms with Crippen LogP contribution in [0, 0.1) is 0 Å². The molecule has 5 heteroatoms. The Morgan fingerprint density at radius 2 is 1.82 bits per heavy atom. The maximum absolute atomic E-state index is 5.60. The molecule has 0 fully saturated rings. The summed E-state index contributed by atoms with van der Waals surface area (Å²) < 4.78 is 5.59. The predicted molar refractivity (Wildman–Crippen MR) is 67.3 cm³/mol. The molecule has 0 atom stereocenters. The smallest absolute Gasteiger partial charge is 0.228 e. The fourth-order valence-corrected chi connectivity index (χ4v) is 1.26. The van der Waals surface area contributed by atoms with E-state index in [1.54, 1.807) is 36.5 Å². The topological polar surface area (TPSA) is 64.3 Å². The van der Waals surface area contributed by atoms with Crippen LogP contribution in [0.15, 0.2) is 36.5 Å². The van der Waals surface area contributed by atoms with E-state index in [9.17, 15) is 0 Å². The summed E-state index contributed by atoms with van der Waals surface area (Å²) in [6, 6.07) is 8.87. The molecule has 1 aromatic carbocycles. The second-order valence-corrected chi connectivity index (χ2v) is 3.76. The Morgan fingerprint density at radius 1 is 1.12 bits per heavy atom. The Hall–Kier alpha value is -2.30. The van der Waals surface area contributed by atoms with Crippen LogP contribution in [-0.2, 0) is 0 Å². The van der Waals surface area contributed by atoms with Crippen LogP contribution in [0.3, 0.4) is 0 Å². The fourth-order valence-electron chi connectivity index (χ4n) is 1.26. The van der Waals surface area contributed by atoms with E-state index in [-0.39, 0.29) is 0 Å². The van der Waals surface area contributed by atoms with Gasteiger partial charge in [0, 0.05) is 32.0 Å². The Kier molecular flexibility index (Phi) is 3.09. The molecule has 2 N–H and O–H groups in total. The van der Waals surface area contributed by atoms with Crippen molar-refractivity contribution in [2.24, 2.45) is 0 Å². The first-order valence-corrected chi connectivity index (χ1v) is 5.19. The molecule has 0 aliphatic carbocycles. The largest absolute Gasteiger partial charge is 0.439 e. The van der Waals surface area contributed by atoms with Crippen LogP contribution in [0.4, 0.5) is 11.6 Å². The molecule has 0 aliphatic rings. The molecule has 0 aliphatic heterocycles. The molecule has 0 amide bonds. The van der Waals surface area contributed by atoms with Crippen molar-refractivity contribution in [3.8, 4) is 11.6 Å². The number of nitrogens with zero attached hydrogens (tertiary/aromatic N) is 3. The highest BCUT2D eigenvalue weighted by atomic mass is 16.5. The summed E-state index contributed by atoms with van der Waals surface area (Å²) in [6.45, 7) is 0. The quantitative estimate of drug-likeness (QED) is 0.816. The Bertz CT molecular complexity index is 496. The highest BCUT2D eigenvalue weighted by Crippen LogP contribution is 2.21. The summed E-state index contributed by atoms with van der Waals surface area (Å²) in [5, 5.41) is 0. The highest BCUT2D eigenvalue weighted by molar-refractivity contribution is 5.42. The van der Waals surface area contributed by atoms with Gasteiger partial charge in [-0.2, -0.15) is 4.98 Å². The Morgan fingerprint density at radius 3 is 2.47 bits per heavy atom. The molecule has 1 heterocycles. The van der Waals surface area contributed by atoms with Gasteiger partial charge in [0.05, 0.1) is 0 Å². The summed E-state index contributed by atoms with van der Waals surface area (Å²) in [4.78, 5) is 10.2. The van der Waals surface area contributed by atoms with Crippen LogP contribution in [0.5, 0.6) is 11.6 Å². The van der Waals surface area contributed by atoms with Crippen molar-refractivity contribution in [3.05, 3.63) is 36.5 Å². The van der Waals surface area contributed by atoms with Gasteiger partial charge in [-0.05, 0) is 24.3 Å². The van der Waals surface area contributed by atoms with Crippen LogP contribution >= 0.6 is 0 Å². The minimum Gasteiger partial charge on any atom is -0.439 e. The number of nitrogen functional groups attached to an aromatic ring is 1. The van der Waals surface area contributed by atoms with E-state index in [1.807, 2.05) is 19.0 Å². The lowest BCUT2D eigenvalue weighted by Gasteiger charge is -2.11. The van der Waals surface area contributed by atoms with Gasteiger partial charge in [0.15, 0.2) is 0 Å². The monoisotopic (exact) mass is 230 g/mol. The summed E-state index contributed by atoms with van der Waals surface area (Å²) in [5.74, 6) is 1.81. The third kappa shape index (κ3) is 2.84. The van der Waals surface area contributed by atoms with Crippen molar-refractivity contribution < 1.29 is 4.74 Å². The lowest BCUT2D eigenvalue weighted by Crippen LogP contribution is -2.12. The number of hydrogen-bond donors (Lipinski definition) is 1. The number of benzene rings is 1. The summed E-state index contributed by atoms with van der Waals surface area (Å²) in [5.41, 5.74) is 6.30. The first kappa shape index (κ1) is 11.2. The third-order valence-electron chi connectivity index (χ3n) is 2.12. The molecule has 0 spiro atoms. The molecule has 2 aromatic rings. The van der Waals surface area contributed by atoms with Gasteiger partial charge >= 0.3 is 0 Å². The van der Waals surface area contributed by atoms with Crippen LogP contribution in [0.1, 0.15) is 0 Å². The molecular formula is C12H14N4O. The van der Waals surface area contributed by atoms with Crippen LogP contribution in [-0.4, -0.2) is 24.1 Å². The average Bonchev–Trinajstić information content (AvgIpc) is 2.32. The van der Waals surface area contributed by atoms with E-state index < -0.39 is 0 Å². The second kappa shape index (κ2) is 4.69. The molecule has 5 nitrogen and oxygen atoms in total. The Labute approximate surface area is 99.9 Å². The first-order valence-electron chi connectivity index (χ1n) is 5.19. The number of ether oxygens (including phenoxy) is 1. The standard InChI is InChI=1S/C12H14N4O/c1-16(2)12-14-8-7-11(15-12)17-10-5-3-9(13)4-6-10/h3-8H,13H2,1-2H3. The van der Waals surface area contributed by atoms with E-state index in [1.165, 1.54) is 0 Å². The van der Waals surface area contributed by atoms with E-state index >= 15 is 0 Å². The van der Waals surface area contributed by atoms with E-state index in [0.29, 0.717) is 23.3 Å². The highest BCUT2D eigenvalue weighted by Gasteiger charge is 2.02. The van der Waals surface area contributed by atoms with Crippen molar-refractivity contribution in [2.75, 3.05) is 24.7 Å². The predicted octanol–water partition coefficient (Wildman–Crippen LogP) is 1.92. The van der Waals surface area contributed by atoms with Crippen LogP contribution in [0.25, 0.3) is 0 Å². The molecule has 1 aromatic heterocycles. The second-order valence-electron chi connectivity index (χ2n) is 3.76. The molecule has 0 saturated heterocycles. The molecule has 17 heavy (non-hydrogen) atoms. The summed E-state index contributed by atoms with van der Waals surface area (Å²) in [6.07, 6.45) is 1.66. The van der Waals surface area contributed by atoms with Crippen molar-refractivity contribution in [1.82, 2.24) is 9.97 Å². The molecule has 0 radical (unpaired) electrons. The molecule has 0 saturated carbocycles. The van der Waals surface area contributed by atoms with Gasteiger partial charge in [-0.25, -0.2) is 4.98 Å². The van der Waals surface area contributed by atoms with Crippen LogP contribution < -0.4 is 15.4 Å². The number of rotatable bonds is 3. The van der Waals surface area contributed by atoms with Crippen molar-refractivity contribution in [3.63, 3.8) is 0 Å². The number of nitrogens with two attached hydrogens (primary N) is 1. The number of hydrogen-bond acceptors (Lipinski definition) is 5. The zero-order valence-corrected chi connectivity index (χ0v) is 9.79. The fraction of sp³-hybridized carbons (Fsp3) is 0.167. The molecular weight excluding hydrogens is 216 g/mol. The van der Waals surface area contributed by atoms with Crippen LogP contribution in [0.2, 0.25) is 0 Å². The van der Waals surface area contributed by atoms with E-state index in [0.717, 1.165) is 0 Å². The van der Waals surface area contributed by atoms with Gasteiger partial charge in [-0.15, -0.1) is 0 Å². The lowest BCUT2D eigenvalue weighted by atomic mass is 10.3. The van der Waals surface area contributed by atoms with Gasteiger partial charge in [0.2, 0.25) is 11.8 Å². The maximum Gasteiger partial charge on any atom is 0.228 e. The van der Waals surface area contributed by atoms with Gasteiger partial charge < -0.3 is 15.4 Å². The third-order valence-corrected chi connectivity index (χ3v) is 2.12. The normalized spacial score (nSPS) is 10.0. The summed E-state index contributed by atoms with van der Waals surface area (Å²) in [7, 11) is 3.75. The minimum absolute atomic E-state index is 0.508. The van der Waals surface area contributed by atoms with Crippen molar-refractivity contribution in [1.29, 1.82) is 0 Å². The number of aromatic nitrogens is 2. The van der Waals surface area contributed by atoms with Crippen molar-refractivity contribution in [2.45, 2.75) is 0 Å². The van der Waals surface area contributed by atoms with Crippen molar-refractivity contribution >= 4 is 11.6 Å². The lowest BCUT2D eigenvalue weighted by molar-refractivity contribution is 0.462. The van der Waals surface area contributed by atoms with E-state index in [4.69, 9.17) is 10.5 Å².